The third-order valence-corrected chi connectivity index (χ3v) is 6.23. The highest BCUT2D eigenvalue weighted by Gasteiger charge is 2.19. The van der Waals surface area contributed by atoms with E-state index in [0.717, 1.165) is 28.5 Å². The van der Waals surface area contributed by atoms with E-state index in [2.05, 4.69) is 10.3 Å². The zero-order chi connectivity index (χ0) is 17.1. The minimum absolute atomic E-state index is 0.150. The van der Waals surface area contributed by atoms with Gasteiger partial charge in [0.1, 0.15) is 15.6 Å². The van der Waals surface area contributed by atoms with Crippen molar-refractivity contribution in [2.75, 3.05) is 5.32 Å². The second-order valence-corrected chi connectivity index (χ2v) is 7.96. The van der Waals surface area contributed by atoms with Gasteiger partial charge in [0.05, 0.1) is 22.9 Å². The van der Waals surface area contributed by atoms with Crippen molar-refractivity contribution >= 4 is 34.3 Å². The first-order chi connectivity index (χ1) is 12.3. The van der Waals surface area contributed by atoms with Gasteiger partial charge in [0.15, 0.2) is 0 Å². The van der Waals surface area contributed by atoms with Crippen LogP contribution in [0.1, 0.15) is 35.4 Å². The fourth-order valence-electron chi connectivity index (χ4n) is 2.94. The number of carbonyl (C=O) groups excluding carboxylic acids is 1. The first-order valence-electron chi connectivity index (χ1n) is 8.36. The Morgan fingerprint density at radius 2 is 2.00 bits per heavy atom. The van der Waals surface area contributed by atoms with Crippen LogP contribution in [0.2, 0.25) is 0 Å². The highest BCUT2D eigenvalue weighted by molar-refractivity contribution is 7.22. The van der Waals surface area contributed by atoms with Crippen molar-refractivity contribution in [3.63, 3.8) is 0 Å². The van der Waals surface area contributed by atoms with Crippen LogP contribution >= 0.6 is 22.7 Å². The van der Waals surface area contributed by atoms with E-state index in [1.807, 2.05) is 41.8 Å². The fraction of sp³-hybridized carbons (Fsp3) is 0.263. The molecule has 1 fully saturated rings. The molecule has 1 amide bonds. The number of hydrogen-bond acceptors (Lipinski definition) is 5. The van der Waals surface area contributed by atoms with Gasteiger partial charge < -0.3 is 10.1 Å². The molecule has 2 heterocycles. The lowest BCUT2D eigenvalue weighted by Crippen LogP contribution is -2.15. The number of nitrogens with one attached hydrogen (secondary N) is 1. The van der Waals surface area contributed by atoms with Crippen LogP contribution in [0.5, 0.6) is 5.75 Å². The molecule has 1 aromatic carbocycles. The van der Waals surface area contributed by atoms with E-state index in [0.29, 0.717) is 10.6 Å². The second kappa shape index (κ2) is 7.37. The van der Waals surface area contributed by atoms with Crippen LogP contribution in [0, 0.1) is 0 Å². The maximum absolute atomic E-state index is 12.6. The first kappa shape index (κ1) is 16.3. The standard InChI is InChI=1S/C19H18N2O2S2/c22-18(17-12-20-19(25-17)16-10-5-11-24-16)21-14-8-3-4-9-15(14)23-13-6-1-2-7-13/h3-5,8-13H,1-2,6-7H2,(H,21,22). The van der Waals surface area contributed by atoms with Crippen molar-refractivity contribution in [2.24, 2.45) is 0 Å². The fourth-order valence-corrected chi connectivity index (χ4v) is 4.55. The Morgan fingerprint density at radius 3 is 2.80 bits per heavy atom. The molecule has 0 spiro atoms. The molecule has 25 heavy (non-hydrogen) atoms. The normalized spacial score (nSPS) is 14.6. The molecule has 1 aliphatic rings. The molecule has 0 saturated heterocycles. The predicted octanol–water partition coefficient (Wildman–Crippen LogP) is 5.45. The summed E-state index contributed by atoms with van der Waals surface area (Å²) in [7, 11) is 0. The van der Waals surface area contributed by atoms with Crippen LogP contribution in [-0.2, 0) is 0 Å². The first-order valence-corrected chi connectivity index (χ1v) is 10.1. The summed E-state index contributed by atoms with van der Waals surface area (Å²) in [5, 5.41) is 5.85. The maximum atomic E-state index is 12.6. The highest BCUT2D eigenvalue weighted by Crippen LogP contribution is 2.32. The van der Waals surface area contributed by atoms with E-state index in [1.54, 1.807) is 17.5 Å². The van der Waals surface area contributed by atoms with Gasteiger partial charge >= 0.3 is 0 Å². The highest BCUT2D eigenvalue weighted by atomic mass is 32.1. The Morgan fingerprint density at radius 1 is 1.16 bits per heavy atom. The molecule has 0 unspecified atom stereocenters. The summed E-state index contributed by atoms with van der Waals surface area (Å²) in [6, 6.07) is 11.6. The van der Waals surface area contributed by atoms with Crippen molar-refractivity contribution in [1.82, 2.24) is 4.98 Å². The Labute approximate surface area is 154 Å². The van der Waals surface area contributed by atoms with Gasteiger partial charge in [-0.2, -0.15) is 0 Å². The third-order valence-electron chi connectivity index (χ3n) is 4.19. The van der Waals surface area contributed by atoms with E-state index in [-0.39, 0.29) is 12.0 Å². The number of rotatable bonds is 5. The molecular formula is C19H18N2O2S2. The minimum Gasteiger partial charge on any atom is -0.488 e. The SMILES string of the molecule is O=C(Nc1ccccc1OC1CCCC1)c1cnc(-c2cccs2)s1. The zero-order valence-corrected chi connectivity index (χ0v) is 15.2. The van der Waals surface area contributed by atoms with Crippen molar-refractivity contribution in [3.05, 3.63) is 52.9 Å². The van der Waals surface area contributed by atoms with Crippen LogP contribution in [0.25, 0.3) is 9.88 Å². The molecule has 4 rings (SSSR count). The summed E-state index contributed by atoms with van der Waals surface area (Å²) in [6.07, 6.45) is 6.49. The minimum atomic E-state index is -0.150. The van der Waals surface area contributed by atoms with Crippen LogP contribution in [-0.4, -0.2) is 17.0 Å². The number of carbonyl (C=O) groups is 1. The van der Waals surface area contributed by atoms with E-state index >= 15 is 0 Å². The van der Waals surface area contributed by atoms with Crippen LogP contribution < -0.4 is 10.1 Å². The number of thiophene rings is 1. The number of thiazole rings is 1. The van der Waals surface area contributed by atoms with Gasteiger partial charge in [-0.05, 0) is 49.3 Å². The van der Waals surface area contributed by atoms with Gasteiger partial charge in [-0.3, -0.25) is 4.79 Å². The molecular weight excluding hydrogens is 352 g/mol. The van der Waals surface area contributed by atoms with Crippen LogP contribution in [0.15, 0.2) is 48.0 Å². The number of hydrogen-bond donors (Lipinski definition) is 1. The Balaban J connectivity index is 1.49. The lowest BCUT2D eigenvalue weighted by Gasteiger charge is -2.16. The molecule has 6 heteroatoms. The van der Waals surface area contributed by atoms with Crippen molar-refractivity contribution in [3.8, 4) is 15.6 Å². The van der Waals surface area contributed by atoms with E-state index in [9.17, 15) is 4.79 Å². The lowest BCUT2D eigenvalue weighted by atomic mass is 10.2. The number of amides is 1. The summed E-state index contributed by atoms with van der Waals surface area (Å²) < 4.78 is 6.08. The van der Waals surface area contributed by atoms with Gasteiger partial charge in [0.2, 0.25) is 0 Å². The summed E-state index contributed by atoms with van der Waals surface area (Å²) in [5.41, 5.74) is 0.713. The third kappa shape index (κ3) is 3.75. The average molecular weight is 370 g/mol. The molecule has 1 N–H and O–H groups in total. The monoisotopic (exact) mass is 370 g/mol. The predicted molar refractivity (Wildman–Crippen MR) is 103 cm³/mol. The van der Waals surface area contributed by atoms with Gasteiger partial charge in [0, 0.05) is 0 Å². The number of para-hydroxylation sites is 2. The molecule has 0 atom stereocenters. The van der Waals surface area contributed by atoms with E-state index in [4.69, 9.17) is 4.74 Å². The topological polar surface area (TPSA) is 51.2 Å². The number of anilines is 1. The smallest absolute Gasteiger partial charge is 0.267 e. The largest absolute Gasteiger partial charge is 0.488 e. The molecule has 1 saturated carbocycles. The van der Waals surface area contributed by atoms with Gasteiger partial charge in [-0.25, -0.2) is 4.98 Å². The molecule has 1 aliphatic carbocycles. The molecule has 4 nitrogen and oxygen atoms in total. The summed E-state index contributed by atoms with van der Waals surface area (Å²) >= 11 is 3.02. The maximum Gasteiger partial charge on any atom is 0.267 e. The second-order valence-electron chi connectivity index (χ2n) is 5.98. The Bertz CT molecular complexity index is 852. The molecule has 3 aromatic rings. The van der Waals surface area contributed by atoms with Crippen LogP contribution in [0.3, 0.4) is 0 Å². The summed E-state index contributed by atoms with van der Waals surface area (Å²) in [4.78, 5) is 18.6. The number of aromatic nitrogens is 1. The molecule has 0 bridgehead atoms. The number of ether oxygens (including phenoxy) is 1. The van der Waals surface area contributed by atoms with Crippen molar-refractivity contribution < 1.29 is 9.53 Å². The molecule has 0 aliphatic heterocycles. The Kier molecular flexibility index (Phi) is 4.81. The average Bonchev–Trinajstić information content (AvgIpc) is 3.38. The van der Waals surface area contributed by atoms with Crippen LogP contribution in [0.4, 0.5) is 5.69 Å². The summed E-state index contributed by atoms with van der Waals surface area (Å²) in [6.45, 7) is 0. The summed E-state index contributed by atoms with van der Waals surface area (Å²) in [5.74, 6) is 0.591. The lowest BCUT2D eigenvalue weighted by molar-refractivity contribution is 0.102. The quantitative estimate of drug-likeness (QED) is 0.650. The number of nitrogens with zero attached hydrogens (tertiary/aromatic N) is 1. The molecule has 2 aromatic heterocycles. The molecule has 128 valence electrons. The van der Waals surface area contributed by atoms with E-state index in [1.165, 1.54) is 24.2 Å². The molecule has 0 radical (unpaired) electrons. The number of benzene rings is 1. The van der Waals surface area contributed by atoms with Crippen molar-refractivity contribution in [1.29, 1.82) is 0 Å². The van der Waals surface area contributed by atoms with Gasteiger partial charge in [-0.15, -0.1) is 22.7 Å². The van der Waals surface area contributed by atoms with Gasteiger partial charge in [-0.1, -0.05) is 18.2 Å². The Hall–Kier alpha value is -2.18. The zero-order valence-electron chi connectivity index (χ0n) is 13.6. The van der Waals surface area contributed by atoms with Crippen molar-refractivity contribution in [2.45, 2.75) is 31.8 Å². The van der Waals surface area contributed by atoms with E-state index < -0.39 is 0 Å². The van der Waals surface area contributed by atoms with Gasteiger partial charge in [0.25, 0.3) is 5.91 Å².